The molecule has 0 aliphatic rings. The van der Waals surface area contributed by atoms with Gasteiger partial charge in [-0.2, -0.15) is 0 Å². The number of pyridine rings is 1. The van der Waals surface area contributed by atoms with Gasteiger partial charge < -0.3 is 16.0 Å². The number of rotatable bonds is 7. The van der Waals surface area contributed by atoms with Gasteiger partial charge >= 0.3 is 6.03 Å². The van der Waals surface area contributed by atoms with Crippen molar-refractivity contribution in [3.8, 4) is 5.69 Å². The molecule has 0 saturated carbocycles. The van der Waals surface area contributed by atoms with Crippen molar-refractivity contribution in [1.29, 1.82) is 0 Å². The molecule has 3 aromatic rings. The molecule has 0 saturated heterocycles. The number of aromatic nitrogens is 1. The highest BCUT2D eigenvalue weighted by atomic mass is 35.5. The van der Waals surface area contributed by atoms with Gasteiger partial charge in [-0.25, -0.2) is 18.4 Å². The summed E-state index contributed by atoms with van der Waals surface area (Å²) in [5.74, 6) is -1.61. The number of carbonyl (C=O) groups is 2. The monoisotopic (exact) mass is 489 g/mol. The molecule has 0 aliphatic heterocycles. The number of benzene rings is 2. The summed E-state index contributed by atoms with van der Waals surface area (Å²) in [5, 5.41) is 12.9. The number of hydrogen-bond acceptors (Lipinski definition) is 5. The Bertz CT molecular complexity index is 1310. The minimum atomic E-state index is -4.09. The van der Waals surface area contributed by atoms with Crippen LogP contribution in [0.15, 0.2) is 77.7 Å². The smallest absolute Gasteiger partial charge is 0.319 e. The van der Waals surface area contributed by atoms with E-state index in [1.807, 2.05) is 0 Å². The van der Waals surface area contributed by atoms with Crippen molar-refractivity contribution in [1.82, 2.24) is 9.88 Å². The van der Waals surface area contributed by atoms with Gasteiger partial charge in [0.2, 0.25) is 15.9 Å². The second kappa shape index (κ2) is 10.3. The molecule has 1 unspecified atom stereocenters. The zero-order valence-corrected chi connectivity index (χ0v) is 18.6. The summed E-state index contributed by atoms with van der Waals surface area (Å²) in [6.45, 7) is 0. The largest absolute Gasteiger partial charge is 0.325 e. The lowest BCUT2D eigenvalue weighted by molar-refractivity contribution is -0.117. The summed E-state index contributed by atoms with van der Waals surface area (Å²) < 4.78 is 24.6. The zero-order chi connectivity index (χ0) is 24.0. The molecule has 172 valence electrons. The molecule has 0 fully saturated rings. The van der Waals surface area contributed by atoms with E-state index < -0.39 is 33.8 Å². The van der Waals surface area contributed by atoms with Crippen LogP contribution in [0.25, 0.3) is 5.69 Å². The van der Waals surface area contributed by atoms with Crippen LogP contribution >= 0.6 is 11.6 Å². The summed E-state index contributed by atoms with van der Waals surface area (Å²) >= 11 is 5.80. The van der Waals surface area contributed by atoms with Crippen LogP contribution in [-0.2, 0) is 14.8 Å². The number of sulfonamides is 1. The molecule has 1 aromatic heterocycles. The van der Waals surface area contributed by atoms with Crippen molar-refractivity contribution in [2.75, 3.05) is 16.4 Å². The van der Waals surface area contributed by atoms with Gasteiger partial charge in [-0.05, 0) is 54.6 Å². The third kappa shape index (κ3) is 7.17. The van der Waals surface area contributed by atoms with E-state index >= 15 is 0 Å². The second-order valence-corrected chi connectivity index (χ2v) is 9.03. The molecule has 3 rings (SSSR count). The van der Waals surface area contributed by atoms with Crippen LogP contribution in [0.1, 0.15) is 0 Å². The number of hydrogen-bond donors (Lipinski definition) is 4. The molecule has 12 heteroatoms. The summed E-state index contributed by atoms with van der Waals surface area (Å²) in [6, 6.07) is 14.9. The fourth-order valence-corrected chi connectivity index (χ4v) is 3.67. The summed E-state index contributed by atoms with van der Waals surface area (Å²) in [4.78, 5) is 36.9. The highest BCUT2D eigenvalue weighted by molar-refractivity contribution is 7.89. The van der Waals surface area contributed by atoms with Crippen molar-refractivity contribution >= 4 is 44.9 Å². The third-order valence-corrected chi connectivity index (χ3v) is 5.41. The predicted molar refractivity (Wildman–Crippen MR) is 126 cm³/mol. The van der Waals surface area contributed by atoms with E-state index in [2.05, 4.69) is 16.0 Å². The van der Waals surface area contributed by atoms with E-state index in [0.717, 1.165) is 0 Å². The first-order chi connectivity index (χ1) is 15.6. The van der Waals surface area contributed by atoms with E-state index in [1.54, 1.807) is 42.6 Å². The molecular weight excluding hydrogens is 470 g/mol. The van der Waals surface area contributed by atoms with Crippen molar-refractivity contribution < 1.29 is 18.0 Å². The molecule has 0 spiro atoms. The standard InChI is InChI=1S/C21H20ClN5O5S/c22-14-4-6-16(7-5-14)25-21(30)26-18(13-33(23,31)32)20(29)24-15-8-10-17(11-9-15)27-12-2-1-3-19(27)28/h1-12,18H,13H2,(H,24,29)(H2,23,31,32)(H2,25,26,30). The average Bonchev–Trinajstić information content (AvgIpc) is 2.75. The van der Waals surface area contributed by atoms with E-state index in [9.17, 15) is 22.8 Å². The summed E-state index contributed by atoms with van der Waals surface area (Å²) in [5.41, 5.74) is 1.06. The number of carbonyl (C=O) groups excluding carboxylic acids is 2. The number of halogens is 1. The van der Waals surface area contributed by atoms with Crippen LogP contribution in [0, 0.1) is 0 Å². The highest BCUT2D eigenvalue weighted by Crippen LogP contribution is 2.14. The lowest BCUT2D eigenvalue weighted by Crippen LogP contribution is -2.50. The molecule has 0 bridgehead atoms. The molecular formula is C21H20ClN5O5S. The molecule has 0 aliphatic carbocycles. The maximum atomic E-state index is 12.7. The Hall–Kier alpha value is -3.67. The number of amides is 3. The first-order valence-corrected chi connectivity index (χ1v) is 11.6. The Morgan fingerprint density at radius 2 is 1.55 bits per heavy atom. The average molecular weight is 490 g/mol. The number of nitrogens with one attached hydrogen (secondary N) is 3. The van der Waals surface area contributed by atoms with E-state index in [4.69, 9.17) is 16.7 Å². The minimum absolute atomic E-state index is 0.224. The Morgan fingerprint density at radius 3 is 2.15 bits per heavy atom. The molecule has 2 aromatic carbocycles. The first-order valence-electron chi connectivity index (χ1n) is 9.53. The van der Waals surface area contributed by atoms with Crippen molar-refractivity contribution in [2.45, 2.75) is 6.04 Å². The van der Waals surface area contributed by atoms with Gasteiger partial charge in [-0.3, -0.25) is 14.2 Å². The van der Waals surface area contributed by atoms with Gasteiger partial charge in [0, 0.05) is 34.3 Å². The molecule has 33 heavy (non-hydrogen) atoms. The molecule has 0 radical (unpaired) electrons. The van der Waals surface area contributed by atoms with Crippen molar-refractivity contribution in [3.05, 3.63) is 88.3 Å². The maximum Gasteiger partial charge on any atom is 0.319 e. The normalized spacial score (nSPS) is 11.9. The SMILES string of the molecule is NS(=O)(=O)CC(NC(=O)Nc1ccc(Cl)cc1)C(=O)Nc1ccc(-n2ccccc2=O)cc1. The molecule has 1 atom stereocenters. The van der Waals surface area contributed by atoms with Crippen LogP contribution in [0.2, 0.25) is 5.02 Å². The Balaban J connectivity index is 1.71. The van der Waals surface area contributed by atoms with E-state index in [-0.39, 0.29) is 5.56 Å². The quantitative estimate of drug-likeness (QED) is 0.399. The van der Waals surface area contributed by atoms with Gasteiger partial charge in [-0.1, -0.05) is 17.7 Å². The van der Waals surface area contributed by atoms with E-state index in [1.165, 1.54) is 34.9 Å². The van der Waals surface area contributed by atoms with Gasteiger partial charge in [0.1, 0.15) is 6.04 Å². The molecule has 1 heterocycles. The number of primary sulfonamides is 1. The summed E-state index contributed by atoms with van der Waals surface area (Å²) in [6.07, 6.45) is 1.60. The van der Waals surface area contributed by atoms with Crippen LogP contribution in [0.4, 0.5) is 16.2 Å². The van der Waals surface area contributed by atoms with Gasteiger partial charge in [-0.15, -0.1) is 0 Å². The Labute approximate surface area is 194 Å². The maximum absolute atomic E-state index is 12.7. The van der Waals surface area contributed by atoms with Gasteiger partial charge in [0.25, 0.3) is 5.56 Å². The van der Waals surface area contributed by atoms with Crippen LogP contribution in [0.5, 0.6) is 0 Å². The van der Waals surface area contributed by atoms with Crippen LogP contribution < -0.4 is 26.6 Å². The number of anilines is 2. The molecule has 3 amide bonds. The number of urea groups is 1. The van der Waals surface area contributed by atoms with Crippen LogP contribution in [0.3, 0.4) is 0 Å². The minimum Gasteiger partial charge on any atom is -0.325 e. The third-order valence-electron chi connectivity index (χ3n) is 4.36. The first kappa shape index (κ1) is 24.0. The fourth-order valence-electron chi connectivity index (χ4n) is 2.85. The summed E-state index contributed by atoms with van der Waals surface area (Å²) in [7, 11) is -4.09. The number of nitrogens with two attached hydrogens (primary N) is 1. The van der Waals surface area contributed by atoms with Crippen molar-refractivity contribution in [2.24, 2.45) is 5.14 Å². The topological polar surface area (TPSA) is 152 Å². The zero-order valence-electron chi connectivity index (χ0n) is 17.1. The van der Waals surface area contributed by atoms with Crippen molar-refractivity contribution in [3.63, 3.8) is 0 Å². The predicted octanol–water partition coefficient (Wildman–Crippen LogP) is 1.91. The molecule has 5 N–H and O–H groups in total. The fraction of sp³-hybridized carbons (Fsp3) is 0.0952. The second-order valence-electron chi connectivity index (χ2n) is 6.93. The van der Waals surface area contributed by atoms with Gasteiger partial charge in [0.15, 0.2) is 0 Å². The Morgan fingerprint density at radius 1 is 0.939 bits per heavy atom. The van der Waals surface area contributed by atoms with E-state index in [0.29, 0.717) is 22.1 Å². The molecule has 10 nitrogen and oxygen atoms in total. The number of nitrogens with zero attached hydrogens (tertiary/aromatic N) is 1. The van der Waals surface area contributed by atoms with Gasteiger partial charge in [0.05, 0.1) is 5.75 Å². The van der Waals surface area contributed by atoms with Crippen LogP contribution in [-0.4, -0.2) is 36.7 Å². The highest BCUT2D eigenvalue weighted by Gasteiger charge is 2.25. The lowest BCUT2D eigenvalue weighted by Gasteiger charge is -2.18. The Kier molecular flexibility index (Phi) is 7.48. The lowest BCUT2D eigenvalue weighted by atomic mass is 10.2.